The van der Waals surface area contributed by atoms with Crippen molar-refractivity contribution in [3.05, 3.63) is 60.4 Å². The van der Waals surface area contributed by atoms with Crippen molar-refractivity contribution in [2.24, 2.45) is 0 Å². The molecule has 1 amide bonds. The predicted molar refractivity (Wildman–Crippen MR) is 105 cm³/mol. The van der Waals surface area contributed by atoms with Crippen LogP contribution in [-0.4, -0.2) is 31.7 Å². The van der Waals surface area contributed by atoms with Gasteiger partial charge < -0.3 is 9.88 Å². The summed E-state index contributed by atoms with van der Waals surface area (Å²) in [5.41, 5.74) is 1.93. The fourth-order valence-electron chi connectivity index (χ4n) is 2.89. The Morgan fingerprint density at radius 3 is 2.59 bits per heavy atom. The molecule has 7 heteroatoms. The smallest absolute Gasteiger partial charge is 0.238 e. The lowest BCUT2D eigenvalue weighted by Crippen LogP contribution is -2.30. The Hall–Kier alpha value is -2.67. The number of amides is 1. The summed E-state index contributed by atoms with van der Waals surface area (Å²) < 4.78 is 2.04. The van der Waals surface area contributed by atoms with Crippen molar-refractivity contribution in [2.45, 2.75) is 42.8 Å². The minimum Gasteiger partial charge on any atom is -0.352 e. The second kappa shape index (κ2) is 7.92. The van der Waals surface area contributed by atoms with E-state index in [9.17, 15) is 4.79 Å². The molecule has 27 heavy (non-hydrogen) atoms. The minimum absolute atomic E-state index is 0.0322. The zero-order chi connectivity index (χ0) is 18.6. The van der Waals surface area contributed by atoms with E-state index in [1.807, 2.05) is 47.0 Å². The number of thioether (sulfide) groups is 1. The van der Waals surface area contributed by atoms with Gasteiger partial charge in [-0.2, -0.15) is 0 Å². The zero-order valence-electron chi connectivity index (χ0n) is 15.1. The van der Waals surface area contributed by atoms with E-state index in [4.69, 9.17) is 0 Å². The van der Waals surface area contributed by atoms with Crippen molar-refractivity contribution in [3.63, 3.8) is 0 Å². The van der Waals surface area contributed by atoms with E-state index in [1.165, 1.54) is 11.8 Å². The lowest BCUT2D eigenvalue weighted by atomic mass is 10.1. The number of rotatable bonds is 7. The molecule has 1 saturated carbocycles. The van der Waals surface area contributed by atoms with Crippen LogP contribution < -0.4 is 5.32 Å². The van der Waals surface area contributed by atoms with E-state index in [1.54, 1.807) is 12.4 Å². The molecule has 1 N–H and O–H groups in total. The molecule has 138 valence electrons. The van der Waals surface area contributed by atoms with Crippen LogP contribution in [0.15, 0.2) is 60.0 Å². The third-order valence-electron chi connectivity index (χ3n) is 4.46. The molecule has 6 nitrogen and oxygen atoms in total. The maximum absolute atomic E-state index is 12.9. The summed E-state index contributed by atoms with van der Waals surface area (Å²) in [6, 6.07) is 14.0. The number of pyridine rings is 1. The van der Waals surface area contributed by atoms with Crippen LogP contribution in [0.2, 0.25) is 0 Å². The molecule has 4 rings (SSSR count). The molecule has 2 heterocycles. The largest absolute Gasteiger partial charge is 0.352 e. The van der Waals surface area contributed by atoms with Gasteiger partial charge in [-0.3, -0.25) is 9.78 Å². The maximum Gasteiger partial charge on any atom is 0.238 e. The number of carbonyl (C=O) groups excluding carboxylic acids is 1. The molecule has 0 unspecified atom stereocenters. The highest BCUT2D eigenvalue weighted by atomic mass is 32.2. The molecule has 0 bridgehead atoms. The summed E-state index contributed by atoms with van der Waals surface area (Å²) in [6.07, 6.45) is 5.61. The monoisotopic (exact) mass is 379 g/mol. The first-order valence-electron chi connectivity index (χ1n) is 9.12. The van der Waals surface area contributed by atoms with Crippen molar-refractivity contribution in [1.29, 1.82) is 0 Å². The highest BCUT2D eigenvalue weighted by Gasteiger charge is 2.30. The molecular formula is C20H21N5OS. The Bertz CT molecular complexity index is 909. The summed E-state index contributed by atoms with van der Waals surface area (Å²) in [4.78, 5) is 16.9. The molecule has 1 aliphatic carbocycles. The third kappa shape index (κ3) is 4.03. The summed E-state index contributed by atoms with van der Waals surface area (Å²) in [7, 11) is 0. The molecular weight excluding hydrogens is 358 g/mol. The van der Waals surface area contributed by atoms with Gasteiger partial charge in [0.15, 0.2) is 11.0 Å². The lowest BCUT2D eigenvalue weighted by molar-refractivity contribution is -0.120. The predicted octanol–water partition coefficient (Wildman–Crippen LogP) is 3.47. The molecule has 1 atom stereocenters. The Morgan fingerprint density at radius 1 is 1.19 bits per heavy atom. The first-order valence-corrected chi connectivity index (χ1v) is 9.99. The number of benzene rings is 1. The second-order valence-electron chi connectivity index (χ2n) is 6.48. The van der Waals surface area contributed by atoms with Gasteiger partial charge in [0.1, 0.15) is 5.25 Å². The van der Waals surface area contributed by atoms with Crippen LogP contribution in [0.4, 0.5) is 0 Å². The summed E-state index contributed by atoms with van der Waals surface area (Å²) >= 11 is 1.45. The molecule has 2 aromatic heterocycles. The molecule has 0 aliphatic heterocycles. The van der Waals surface area contributed by atoms with Crippen LogP contribution in [-0.2, 0) is 11.3 Å². The van der Waals surface area contributed by atoms with Crippen molar-refractivity contribution in [1.82, 2.24) is 25.1 Å². The standard InChI is InChI=1S/C20H21N5OS/c1-2-25-18(15-10-12-21-13-11-15)23-24-20(25)27-17(14-6-4-3-5-7-14)19(26)22-16-8-9-16/h3-7,10-13,16-17H,2,8-9H2,1H3,(H,22,26)/t17-/m0/s1. The van der Waals surface area contributed by atoms with Gasteiger partial charge in [-0.1, -0.05) is 42.1 Å². The Morgan fingerprint density at radius 2 is 1.93 bits per heavy atom. The Balaban J connectivity index is 1.65. The van der Waals surface area contributed by atoms with Crippen LogP contribution in [0, 0.1) is 0 Å². The fraction of sp³-hybridized carbons (Fsp3) is 0.300. The van der Waals surface area contributed by atoms with Crippen LogP contribution in [0.3, 0.4) is 0 Å². The topological polar surface area (TPSA) is 72.7 Å². The molecule has 0 spiro atoms. The molecule has 1 aromatic carbocycles. The highest BCUT2D eigenvalue weighted by molar-refractivity contribution is 8.00. The average molecular weight is 379 g/mol. The number of hydrogen-bond donors (Lipinski definition) is 1. The SMILES string of the molecule is CCn1c(S[C@H](C(=O)NC2CC2)c2ccccc2)nnc1-c1ccncc1. The van der Waals surface area contributed by atoms with E-state index >= 15 is 0 Å². The second-order valence-corrected chi connectivity index (χ2v) is 7.55. The van der Waals surface area contributed by atoms with E-state index in [2.05, 4.69) is 27.4 Å². The Labute approximate surface area is 162 Å². The number of carbonyl (C=O) groups is 1. The number of nitrogens with one attached hydrogen (secondary N) is 1. The van der Waals surface area contributed by atoms with E-state index in [0.717, 1.165) is 41.5 Å². The van der Waals surface area contributed by atoms with Gasteiger partial charge >= 0.3 is 0 Å². The quantitative estimate of drug-likeness (QED) is 0.637. The number of hydrogen-bond acceptors (Lipinski definition) is 5. The first-order chi connectivity index (χ1) is 13.3. The van der Waals surface area contributed by atoms with Crippen molar-refractivity contribution < 1.29 is 4.79 Å². The number of aromatic nitrogens is 4. The molecule has 0 radical (unpaired) electrons. The van der Waals surface area contributed by atoms with Gasteiger partial charge in [-0.15, -0.1) is 10.2 Å². The van der Waals surface area contributed by atoms with Gasteiger partial charge in [0.2, 0.25) is 5.91 Å². The first kappa shape index (κ1) is 17.7. The van der Waals surface area contributed by atoms with Crippen LogP contribution >= 0.6 is 11.8 Å². The third-order valence-corrected chi connectivity index (χ3v) is 5.69. The van der Waals surface area contributed by atoms with Crippen LogP contribution in [0.1, 0.15) is 30.6 Å². The normalized spacial score (nSPS) is 14.7. The maximum atomic E-state index is 12.9. The van der Waals surface area contributed by atoms with Gasteiger partial charge in [-0.05, 0) is 37.5 Å². The van der Waals surface area contributed by atoms with Crippen molar-refractivity contribution in [2.75, 3.05) is 0 Å². The molecule has 1 fully saturated rings. The lowest BCUT2D eigenvalue weighted by Gasteiger charge is -2.17. The Kier molecular flexibility index (Phi) is 5.20. The van der Waals surface area contributed by atoms with E-state index in [0.29, 0.717) is 6.04 Å². The average Bonchev–Trinajstić information content (AvgIpc) is 3.43. The van der Waals surface area contributed by atoms with Gasteiger partial charge in [0.05, 0.1) is 0 Å². The molecule has 0 saturated heterocycles. The number of nitrogens with zero attached hydrogens (tertiary/aromatic N) is 4. The molecule has 1 aliphatic rings. The summed E-state index contributed by atoms with van der Waals surface area (Å²) in [5, 5.41) is 12.3. The van der Waals surface area contributed by atoms with Crippen molar-refractivity contribution >= 4 is 17.7 Å². The summed E-state index contributed by atoms with van der Waals surface area (Å²) in [5.74, 6) is 0.821. The minimum atomic E-state index is -0.355. The highest BCUT2D eigenvalue weighted by Crippen LogP contribution is 2.36. The van der Waals surface area contributed by atoms with E-state index < -0.39 is 0 Å². The van der Waals surface area contributed by atoms with Gasteiger partial charge in [0.25, 0.3) is 0 Å². The molecule has 3 aromatic rings. The van der Waals surface area contributed by atoms with E-state index in [-0.39, 0.29) is 11.2 Å². The van der Waals surface area contributed by atoms with Gasteiger partial charge in [0, 0.05) is 30.5 Å². The fourth-order valence-corrected chi connectivity index (χ4v) is 4.00. The van der Waals surface area contributed by atoms with Crippen LogP contribution in [0.5, 0.6) is 0 Å². The zero-order valence-corrected chi connectivity index (χ0v) is 15.9. The van der Waals surface area contributed by atoms with Crippen molar-refractivity contribution in [3.8, 4) is 11.4 Å². The van der Waals surface area contributed by atoms with Gasteiger partial charge in [-0.25, -0.2) is 0 Å². The summed E-state index contributed by atoms with van der Waals surface area (Å²) in [6.45, 7) is 2.78. The van der Waals surface area contributed by atoms with Crippen LogP contribution in [0.25, 0.3) is 11.4 Å².